The first-order valence-corrected chi connectivity index (χ1v) is 6.77. The van der Waals surface area contributed by atoms with Gasteiger partial charge in [0.15, 0.2) is 0 Å². The molecular formula is C13H22N2O3. The first-order valence-electron chi connectivity index (χ1n) is 6.77. The van der Waals surface area contributed by atoms with Crippen molar-refractivity contribution in [3.63, 3.8) is 0 Å². The Bertz CT molecular complexity index is 345. The lowest BCUT2D eigenvalue weighted by molar-refractivity contribution is -0.143. The first kappa shape index (κ1) is 13.2. The molecular weight excluding hydrogens is 232 g/mol. The van der Waals surface area contributed by atoms with Gasteiger partial charge >= 0.3 is 12.0 Å². The van der Waals surface area contributed by atoms with E-state index in [-0.39, 0.29) is 18.0 Å². The van der Waals surface area contributed by atoms with Crippen molar-refractivity contribution in [2.75, 3.05) is 19.6 Å². The second kappa shape index (κ2) is 5.16. The number of rotatable bonds is 1. The highest BCUT2D eigenvalue weighted by atomic mass is 16.4. The molecule has 3 atom stereocenters. The van der Waals surface area contributed by atoms with Crippen LogP contribution < -0.4 is 0 Å². The van der Waals surface area contributed by atoms with Crippen molar-refractivity contribution < 1.29 is 14.7 Å². The van der Waals surface area contributed by atoms with E-state index in [4.69, 9.17) is 5.11 Å². The van der Waals surface area contributed by atoms with Gasteiger partial charge in [0.25, 0.3) is 0 Å². The maximum atomic E-state index is 12.3. The van der Waals surface area contributed by atoms with Gasteiger partial charge in [-0.1, -0.05) is 6.92 Å². The van der Waals surface area contributed by atoms with Crippen molar-refractivity contribution in [3.8, 4) is 0 Å². The van der Waals surface area contributed by atoms with Crippen LogP contribution >= 0.6 is 0 Å². The molecule has 0 saturated carbocycles. The minimum atomic E-state index is -0.733. The summed E-state index contributed by atoms with van der Waals surface area (Å²) in [6, 6.07) is 0.124. The van der Waals surface area contributed by atoms with Crippen molar-refractivity contribution in [2.45, 2.75) is 39.2 Å². The van der Waals surface area contributed by atoms with Gasteiger partial charge in [-0.05, 0) is 32.1 Å². The Morgan fingerprint density at radius 2 is 1.89 bits per heavy atom. The van der Waals surface area contributed by atoms with Crippen LogP contribution in [0.15, 0.2) is 0 Å². The third-order valence-corrected chi connectivity index (χ3v) is 4.17. The topological polar surface area (TPSA) is 60.9 Å². The van der Waals surface area contributed by atoms with Crippen LogP contribution in [-0.4, -0.2) is 52.6 Å². The maximum absolute atomic E-state index is 12.3. The van der Waals surface area contributed by atoms with Crippen LogP contribution in [0, 0.1) is 11.8 Å². The Balaban J connectivity index is 1.94. The van der Waals surface area contributed by atoms with Gasteiger partial charge in [-0.25, -0.2) is 4.79 Å². The van der Waals surface area contributed by atoms with E-state index in [2.05, 4.69) is 6.92 Å². The Morgan fingerprint density at radius 3 is 2.39 bits per heavy atom. The zero-order valence-electron chi connectivity index (χ0n) is 11.1. The maximum Gasteiger partial charge on any atom is 0.320 e. The molecule has 0 aromatic rings. The van der Waals surface area contributed by atoms with Gasteiger partial charge in [-0.2, -0.15) is 0 Å². The first-order chi connectivity index (χ1) is 8.49. The molecule has 5 nitrogen and oxygen atoms in total. The van der Waals surface area contributed by atoms with Crippen LogP contribution in [0.5, 0.6) is 0 Å². The fourth-order valence-corrected chi connectivity index (χ4v) is 2.97. The highest BCUT2D eigenvalue weighted by Crippen LogP contribution is 2.25. The van der Waals surface area contributed by atoms with Crippen LogP contribution in [0.2, 0.25) is 0 Å². The molecule has 0 bridgehead atoms. The molecule has 18 heavy (non-hydrogen) atoms. The fourth-order valence-electron chi connectivity index (χ4n) is 2.97. The van der Waals surface area contributed by atoms with E-state index in [9.17, 15) is 9.59 Å². The van der Waals surface area contributed by atoms with Crippen LogP contribution in [0.3, 0.4) is 0 Å². The number of carboxylic acids is 1. The average molecular weight is 254 g/mol. The summed E-state index contributed by atoms with van der Waals surface area (Å²) in [4.78, 5) is 27.0. The van der Waals surface area contributed by atoms with E-state index in [1.54, 1.807) is 0 Å². The molecule has 102 valence electrons. The van der Waals surface area contributed by atoms with Gasteiger partial charge in [0, 0.05) is 25.7 Å². The zero-order valence-corrected chi connectivity index (χ0v) is 11.1. The summed E-state index contributed by atoms with van der Waals surface area (Å²) < 4.78 is 0. The lowest BCUT2D eigenvalue weighted by Crippen LogP contribution is -2.51. The predicted molar refractivity (Wildman–Crippen MR) is 67.3 cm³/mol. The molecule has 2 amide bonds. The Kier molecular flexibility index (Phi) is 3.78. The summed E-state index contributed by atoms with van der Waals surface area (Å²) in [6.07, 6.45) is 2.23. The highest BCUT2D eigenvalue weighted by Gasteiger charge is 2.35. The number of hydrogen-bond donors (Lipinski definition) is 1. The van der Waals surface area contributed by atoms with Gasteiger partial charge in [0.2, 0.25) is 0 Å². The number of carboxylic acid groups (broad SMARTS) is 1. The van der Waals surface area contributed by atoms with Crippen LogP contribution in [0.25, 0.3) is 0 Å². The number of urea groups is 1. The van der Waals surface area contributed by atoms with E-state index < -0.39 is 5.97 Å². The fraction of sp³-hybridized carbons (Fsp3) is 0.846. The molecule has 0 radical (unpaired) electrons. The van der Waals surface area contributed by atoms with Gasteiger partial charge < -0.3 is 14.9 Å². The van der Waals surface area contributed by atoms with Crippen LogP contribution in [0.1, 0.15) is 33.1 Å². The number of carbonyl (C=O) groups is 2. The molecule has 2 saturated heterocycles. The molecule has 2 aliphatic heterocycles. The smallest absolute Gasteiger partial charge is 0.320 e. The number of carbonyl (C=O) groups excluding carboxylic acids is 1. The molecule has 3 unspecified atom stereocenters. The van der Waals surface area contributed by atoms with Gasteiger partial charge in [0.05, 0.1) is 5.92 Å². The van der Waals surface area contributed by atoms with Crippen molar-refractivity contribution in [1.82, 2.24) is 9.80 Å². The molecule has 2 heterocycles. The molecule has 2 aliphatic rings. The molecule has 0 aliphatic carbocycles. The number of nitrogens with zero attached hydrogens (tertiary/aromatic N) is 2. The lowest BCUT2D eigenvalue weighted by atomic mass is 9.92. The monoisotopic (exact) mass is 254 g/mol. The third kappa shape index (κ3) is 2.60. The van der Waals surface area contributed by atoms with Crippen LogP contribution in [0.4, 0.5) is 4.79 Å². The Labute approximate surface area is 108 Å². The standard InChI is InChI=1S/C13H22N2O3/c1-9-3-5-14(8-9)13(18)15-6-4-11(12(16)17)7-10(15)2/h9-11H,3-8H2,1-2H3,(H,16,17). The van der Waals surface area contributed by atoms with E-state index in [0.29, 0.717) is 25.3 Å². The molecule has 2 rings (SSSR count). The number of likely N-dealkylation sites (tertiary alicyclic amines) is 2. The van der Waals surface area contributed by atoms with Gasteiger partial charge in [0.1, 0.15) is 0 Å². The minimum absolute atomic E-state index is 0.0308. The number of hydrogen-bond acceptors (Lipinski definition) is 2. The SMILES string of the molecule is CC1CCN(C(=O)N2CCC(C(=O)O)CC2C)C1. The molecule has 0 aromatic heterocycles. The quantitative estimate of drug-likeness (QED) is 0.773. The second-order valence-corrected chi connectivity index (χ2v) is 5.72. The largest absolute Gasteiger partial charge is 0.481 e. The van der Waals surface area contributed by atoms with Crippen LogP contribution in [-0.2, 0) is 4.79 Å². The van der Waals surface area contributed by atoms with Crippen molar-refractivity contribution in [2.24, 2.45) is 11.8 Å². The third-order valence-electron chi connectivity index (χ3n) is 4.17. The normalized spacial score (nSPS) is 32.7. The summed E-state index contributed by atoms with van der Waals surface area (Å²) in [7, 11) is 0. The molecule has 1 N–H and O–H groups in total. The van der Waals surface area contributed by atoms with E-state index >= 15 is 0 Å². The number of piperidine rings is 1. The highest BCUT2D eigenvalue weighted by molar-refractivity contribution is 5.76. The van der Waals surface area contributed by atoms with Gasteiger partial charge in [-0.3, -0.25) is 4.79 Å². The van der Waals surface area contributed by atoms with E-state index in [1.165, 1.54) is 0 Å². The summed E-state index contributed by atoms with van der Waals surface area (Å²) in [5.74, 6) is -0.439. The summed E-state index contributed by atoms with van der Waals surface area (Å²) in [5, 5.41) is 9.01. The zero-order chi connectivity index (χ0) is 13.3. The van der Waals surface area contributed by atoms with Crippen molar-refractivity contribution >= 4 is 12.0 Å². The summed E-state index contributed by atoms with van der Waals surface area (Å²) in [6.45, 7) is 6.36. The number of amides is 2. The predicted octanol–water partition coefficient (Wildman–Crippen LogP) is 1.63. The Morgan fingerprint density at radius 1 is 1.17 bits per heavy atom. The molecule has 0 spiro atoms. The summed E-state index contributed by atoms with van der Waals surface area (Å²) >= 11 is 0. The second-order valence-electron chi connectivity index (χ2n) is 5.72. The molecule has 5 heteroatoms. The summed E-state index contributed by atoms with van der Waals surface area (Å²) in [5.41, 5.74) is 0. The van der Waals surface area contributed by atoms with Gasteiger partial charge in [-0.15, -0.1) is 0 Å². The lowest BCUT2D eigenvalue weighted by Gasteiger charge is -2.38. The minimum Gasteiger partial charge on any atom is -0.481 e. The van der Waals surface area contributed by atoms with Crippen molar-refractivity contribution in [3.05, 3.63) is 0 Å². The number of aliphatic carboxylic acids is 1. The van der Waals surface area contributed by atoms with E-state index in [1.807, 2.05) is 16.7 Å². The molecule has 0 aromatic carbocycles. The molecule has 2 fully saturated rings. The average Bonchev–Trinajstić information content (AvgIpc) is 2.74. The van der Waals surface area contributed by atoms with E-state index in [0.717, 1.165) is 19.5 Å². The Hall–Kier alpha value is -1.26. The van der Waals surface area contributed by atoms with Crippen molar-refractivity contribution in [1.29, 1.82) is 0 Å².